The van der Waals surface area contributed by atoms with Crippen LogP contribution < -0.4 is 5.73 Å². The second kappa shape index (κ2) is 3.86. The summed E-state index contributed by atoms with van der Waals surface area (Å²) < 4.78 is 1.10. The molecule has 1 aromatic heterocycles. The van der Waals surface area contributed by atoms with E-state index in [2.05, 4.69) is 39.1 Å². The summed E-state index contributed by atoms with van der Waals surface area (Å²) in [4.78, 5) is 5.80. The largest absolute Gasteiger partial charge is 0.375 e. The number of nitrogen functional groups attached to an aromatic ring is 1. The molecule has 0 saturated carbocycles. The molecule has 0 radical (unpaired) electrons. The van der Waals surface area contributed by atoms with Crippen molar-refractivity contribution in [3.05, 3.63) is 33.1 Å². The van der Waals surface area contributed by atoms with Crippen LogP contribution in [0.2, 0.25) is 0 Å². The fraction of sp³-hybridized carbons (Fsp3) is 0.250. The lowest BCUT2D eigenvalue weighted by molar-refractivity contribution is 0.843. The standard InChI is InChI=1S/C12H11BrN2S/c13-8-5-4-7-2-1-3-10-11(9(7)6-8)15-12(14)16-10/h4-6H,1-3H2,(H2,14,15). The third kappa shape index (κ3) is 1.66. The summed E-state index contributed by atoms with van der Waals surface area (Å²) in [5, 5.41) is 0.679. The predicted octanol–water partition coefficient (Wildman–Crippen LogP) is 3.64. The topological polar surface area (TPSA) is 38.9 Å². The molecule has 0 bridgehead atoms. The van der Waals surface area contributed by atoms with Crippen molar-refractivity contribution in [1.82, 2.24) is 4.98 Å². The van der Waals surface area contributed by atoms with E-state index in [1.54, 1.807) is 11.3 Å². The van der Waals surface area contributed by atoms with Gasteiger partial charge in [-0.05, 0) is 37.0 Å². The maximum Gasteiger partial charge on any atom is 0.180 e. The molecule has 16 heavy (non-hydrogen) atoms. The van der Waals surface area contributed by atoms with Gasteiger partial charge in [0.2, 0.25) is 0 Å². The average molecular weight is 295 g/mol. The highest BCUT2D eigenvalue weighted by atomic mass is 79.9. The number of nitrogens with two attached hydrogens (primary N) is 1. The van der Waals surface area contributed by atoms with Gasteiger partial charge in [0, 0.05) is 14.9 Å². The first-order chi connectivity index (χ1) is 7.74. The molecule has 0 unspecified atom stereocenters. The van der Waals surface area contributed by atoms with Crippen molar-refractivity contribution < 1.29 is 0 Å². The molecule has 4 heteroatoms. The number of hydrogen-bond donors (Lipinski definition) is 1. The number of benzene rings is 1. The summed E-state index contributed by atoms with van der Waals surface area (Å²) in [5.74, 6) is 0. The Balaban J connectivity index is 2.27. The Hall–Kier alpha value is -0.870. The van der Waals surface area contributed by atoms with Gasteiger partial charge >= 0.3 is 0 Å². The van der Waals surface area contributed by atoms with Crippen LogP contribution in [0, 0.1) is 0 Å². The molecule has 0 amide bonds. The van der Waals surface area contributed by atoms with Crippen LogP contribution in [0.25, 0.3) is 11.3 Å². The summed E-state index contributed by atoms with van der Waals surface area (Å²) in [5.41, 5.74) is 9.52. The molecule has 3 rings (SSSR count). The molecule has 0 aliphatic heterocycles. The highest BCUT2D eigenvalue weighted by Gasteiger charge is 2.18. The van der Waals surface area contributed by atoms with Crippen molar-refractivity contribution in [3.63, 3.8) is 0 Å². The monoisotopic (exact) mass is 294 g/mol. The normalized spacial score (nSPS) is 14.1. The van der Waals surface area contributed by atoms with Gasteiger partial charge in [0.15, 0.2) is 5.13 Å². The SMILES string of the molecule is Nc1nc2c(s1)CCCc1ccc(Br)cc1-2. The number of nitrogens with zero attached hydrogens (tertiary/aromatic N) is 1. The van der Waals surface area contributed by atoms with E-state index in [0.29, 0.717) is 5.13 Å². The smallest absolute Gasteiger partial charge is 0.180 e. The molecule has 2 nitrogen and oxygen atoms in total. The first-order valence-electron chi connectivity index (χ1n) is 5.28. The minimum atomic E-state index is 0.679. The van der Waals surface area contributed by atoms with Gasteiger partial charge in [-0.2, -0.15) is 0 Å². The van der Waals surface area contributed by atoms with Crippen LogP contribution in [0.15, 0.2) is 22.7 Å². The van der Waals surface area contributed by atoms with Crippen LogP contribution in [0.4, 0.5) is 5.13 Å². The van der Waals surface area contributed by atoms with E-state index in [9.17, 15) is 0 Å². The van der Waals surface area contributed by atoms with Gasteiger partial charge in [-0.15, -0.1) is 11.3 Å². The van der Waals surface area contributed by atoms with Crippen molar-refractivity contribution in [3.8, 4) is 11.3 Å². The molecule has 0 fully saturated rings. The molecule has 2 N–H and O–H groups in total. The first-order valence-corrected chi connectivity index (χ1v) is 6.89. The molecule has 2 aromatic rings. The molecule has 1 heterocycles. The zero-order valence-electron chi connectivity index (χ0n) is 8.66. The van der Waals surface area contributed by atoms with E-state index in [1.165, 1.54) is 22.4 Å². The van der Waals surface area contributed by atoms with E-state index in [0.717, 1.165) is 23.0 Å². The van der Waals surface area contributed by atoms with Crippen molar-refractivity contribution in [2.45, 2.75) is 19.3 Å². The van der Waals surface area contributed by atoms with Gasteiger partial charge in [0.05, 0.1) is 5.69 Å². The minimum Gasteiger partial charge on any atom is -0.375 e. The molecule has 1 aromatic carbocycles. The fourth-order valence-electron chi connectivity index (χ4n) is 2.18. The molecule has 0 spiro atoms. The Morgan fingerprint density at radius 1 is 1.31 bits per heavy atom. The Kier molecular flexibility index (Phi) is 2.48. The molecular weight excluding hydrogens is 284 g/mol. The third-order valence-corrected chi connectivity index (χ3v) is 4.33. The summed E-state index contributed by atoms with van der Waals surface area (Å²) in [7, 11) is 0. The van der Waals surface area contributed by atoms with Crippen LogP contribution >= 0.6 is 27.3 Å². The van der Waals surface area contributed by atoms with E-state index >= 15 is 0 Å². The van der Waals surface area contributed by atoms with Gasteiger partial charge in [-0.1, -0.05) is 22.0 Å². The molecule has 1 aliphatic rings. The summed E-state index contributed by atoms with van der Waals surface area (Å²) in [6.07, 6.45) is 3.41. The summed E-state index contributed by atoms with van der Waals surface area (Å²) in [6, 6.07) is 6.43. The zero-order chi connectivity index (χ0) is 11.1. The molecule has 0 atom stereocenters. The highest BCUT2D eigenvalue weighted by molar-refractivity contribution is 9.10. The van der Waals surface area contributed by atoms with E-state index < -0.39 is 0 Å². The number of anilines is 1. The molecule has 82 valence electrons. The molecule has 1 aliphatic carbocycles. The second-order valence-electron chi connectivity index (χ2n) is 3.98. The van der Waals surface area contributed by atoms with Crippen LogP contribution in [-0.4, -0.2) is 4.98 Å². The average Bonchev–Trinajstić information content (AvgIpc) is 2.54. The number of rotatable bonds is 0. The Morgan fingerprint density at radius 3 is 3.06 bits per heavy atom. The lowest BCUT2D eigenvalue weighted by Crippen LogP contribution is -1.89. The molecule has 0 saturated heterocycles. The zero-order valence-corrected chi connectivity index (χ0v) is 11.1. The van der Waals surface area contributed by atoms with Gasteiger partial charge in [0.25, 0.3) is 0 Å². The minimum absolute atomic E-state index is 0.679. The fourth-order valence-corrected chi connectivity index (χ4v) is 3.43. The van der Waals surface area contributed by atoms with E-state index in [1.807, 2.05) is 0 Å². The van der Waals surface area contributed by atoms with Gasteiger partial charge in [0.1, 0.15) is 0 Å². The molecular formula is C12H11BrN2S. The van der Waals surface area contributed by atoms with Gasteiger partial charge < -0.3 is 5.73 Å². The number of fused-ring (bicyclic) bond motifs is 3. The number of halogens is 1. The quantitative estimate of drug-likeness (QED) is 0.806. The number of thiazole rings is 1. The second-order valence-corrected chi connectivity index (χ2v) is 6.01. The lowest BCUT2D eigenvalue weighted by Gasteiger charge is -2.05. The first kappa shape index (κ1) is 10.3. The lowest BCUT2D eigenvalue weighted by atomic mass is 10.0. The Labute approximate surface area is 107 Å². The van der Waals surface area contributed by atoms with Crippen LogP contribution in [0.3, 0.4) is 0 Å². The Bertz CT molecular complexity index is 548. The maximum atomic E-state index is 5.80. The predicted molar refractivity (Wildman–Crippen MR) is 71.7 cm³/mol. The van der Waals surface area contributed by atoms with Crippen LogP contribution in [0.1, 0.15) is 16.9 Å². The van der Waals surface area contributed by atoms with Gasteiger partial charge in [-0.3, -0.25) is 0 Å². The van der Waals surface area contributed by atoms with Crippen molar-refractivity contribution in [1.29, 1.82) is 0 Å². The summed E-state index contributed by atoms with van der Waals surface area (Å²) in [6.45, 7) is 0. The van der Waals surface area contributed by atoms with Crippen molar-refractivity contribution in [2.75, 3.05) is 5.73 Å². The third-order valence-electron chi connectivity index (χ3n) is 2.89. The van der Waals surface area contributed by atoms with Crippen molar-refractivity contribution in [2.24, 2.45) is 0 Å². The number of hydrogen-bond acceptors (Lipinski definition) is 3. The van der Waals surface area contributed by atoms with Crippen molar-refractivity contribution >= 4 is 32.4 Å². The van der Waals surface area contributed by atoms with E-state index in [4.69, 9.17) is 5.73 Å². The highest BCUT2D eigenvalue weighted by Crippen LogP contribution is 2.37. The maximum absolute atomic E-state index is 5.80. The summed E-state index contributed by atoms with van der Waals surface area (Å²) >= 11 is 5.14. The number of aromatic nitrogens is 1. The van der Waals surface area contributed by atoms with Gasteiger partial charge in [-0.25, -0.2) is 4.98 Å². The van der Waals surface area contributed by atoms with Crippen LogP contribution in [0.5, 0.6) is 0 Å². The number of aryl methyl sites for hydroxylation is 2. The van der Waals surface area contributed by atoms with E-state index in [-0.39, 0.29) is 0 Å². The Morgan fingerprint density at radius 2 is 2.19 bits per heavy atom. The van der Waals surface area contributed by atoms with Crippen LogP contribution in [-0.2, 0) is 12.8 Å².